The van der Waals surface area contributed by atoms with Crippen molar-refractivity contribution < 1.29 is 4.79 Å². The van der Waals surface area contributed by atoms with Crippen LogP contribution in [0.4, 0.5) is 11.5 Å². The first-order valence-electron chi connectivity index (χ1n) is 8.94. The molecule has 0 saturated carbocycles. The normalized spacial score (nSPS) is 10.8. The Kier molecular flexibility index (Phi) is 5.12. The molecule has 7 heteroatoms. The molecule has 0 spiro atoms. The molecule has 0 radical (unpaired) electrons. The first kappa shape index (κ1) is 18.9. The van der Waals surface area contributed by atoms with E-state index in [9.17, 15) is 4.79 Å². The van der Waals surface area contributed by atoms with Gasteiger partial charge in [0.2, 0.25) is 0 Å². The van der Waals surface area contributed by atoms with Crippen LogP contribution >= 0.6 is 11.6 Å². The van der Waals surface area contributed by atoms with Gasteiger partial charge in [-0.3, -0.25) is 9.78 Å². The van der Waals surface area contributed by atoms with Crippen molar-refractivity contribution in [3.8, 4) is 0 Å². The van der Waals surface area contributed by atoms with Crippen LogP contribution in [0.15, 0.2) is 73.2 Å². The first-order valence-corrected chi connectivity index (χ1v) is 9.32. The minimum Gasteiger partial charge on any atom is -0.340 e. The van der Waals surface area contributed by atoms with Gasteiger partial charge in [0.25, 0.3) is 5.91 Å². The number of benzene rings is 2. The van der Waals surface area contributed by atoms with Crippen LogP contribution in [0.1, 0.15) is 10.4 Å². The summed E-state index contributed by atoms with van der Waals surface area (Å²) in [5.41, 5.74) is 7.91. The molecule has 0 saturated heterocycles. The molecule has 0 unspecified atom stereocenters. The summed E-state index contributed by atoms with van der Waals surface area (Å²) in [6, 6.07) is 14.7. The van der Waals surface area contributed by atoms with Crippen LogP contribution in [0, 0.1) is 0 Å². The van der Waals surface area contributed by atoms with Gasteiger partial charge >= 0.3 is 0 Å². The molecule has 144 valence electrons. The zero-order valence-corrected chi connectivity index (χ0v) is 16.2. The van der Waals surface area contributed by atoms with Gasteiger partial charge in [-0.2, -0.15) is 0 Å². The average molecular weight is 404 g/mol. The number of anilines is 2. The Bertz CT molecular complexity index is 1250. The van der Waals surface area contributed by atoms with Crippen LogP contribution < -0.4 is 16.4 Å². The molecule has 4 rings (SSSR count). The first-order chi connectivity index (χ1) is 14.0. The van der Waals surface area contributed by atoms with Crippen LogP contribution in [0.3, 0.4) is 0 Å². The van der Waals surface area contributed by atoms with E-state index in [0.717, 1.165) is 21.8 Å². The van der Waals surface area contributed by atoms with E-state index in [2.05, 4.69) is 22.2 Å². The van der Waals surface area contributed by atoms with Gasteiger partial charge < -0.3 is 16.4 Å². The highest BCUT2D eigenvalue weighted by Crippen LogP contribution is 2.31. The maximum atomic E-state index is 12.4. The van der Waals surface area contributed by atoms with Crippen molar-refractivity contribution in [1.82, 2.24) is 15.3 Å². The van der Waals surface area contributed by atoms with Gasteiger partial charge in [-0.05, 0) is 36.4 Å². The van der Waals surface area contributed by atoms with Crippen LogP contribution in [-0.4, -0.2) is 22.4 Å². The van der Waals surface area contributed by atoms with E-state index in [1.54, 1.807) is 24.5 Å². The van der Waals surface area contributed by atoms with E-state index in [-0.39, 0.29) is 12.5 Å². The third-order valence-corrected chi connectivity index (χ3v) is 4.72. The Hall–Kier alpha value is -3.48. The fourth-order valence-corrected chi connectivity index (χ4v) is 3.26. The molecule has 29 heavy (non-hydrogen) atoms. The summed E-state index contributed by atoms with van der Waals surface area (Å²) in [6.45, 7) is 3.89. The van der Waals surface area contributed by atoms with Crippen molar-refractivity contribution in [1.29, 1.82) is 0 Å². The lowest BCUT2D eigenvalue weighted by Gasteiger charge is -2.13. The molecule has 0 fully saturated rings. The van der Waals surface area contributed by atoms with Gasteiger partial charge in [-0.15, -0.1) is 0 Å². The average Bonchev–Trinajstić information content (AvgIpc) is 2.73. The summed E-state index contributed by atoms with van der Waals surface area (Å²) >= 11 is 6.10. The van der Waals surface area contributed by atoms with E-state index in [1.807, 2.05) is 36.4 Å². The molecular formula is C22H18ClN5O. The second-order valence-electron chi connectivity index (χ2n) is 6.51. The minimum absolute atomic E-state index is 0.182. The summed E-state index contributed by atoms with van der Waals surface area (Å²) in [4.78, 5) is 21.5. The SMILES string of the molecule is C=C(CN)NC(=O)c1ccc2c(c1)nc(Nc1cccc(Cl)c1)c1ccncc12. The molecule has 4 aromatic rings. The lowest BCUT2D eigenvalue weighted by Crippen LogP contribution is -2.26. The molecule has 0 aliphatic carbocycles. The molecular weight excluding hydrogens is 386 g/mol. The largest absolute Gasteiger partial charge is 0.340 e. The van der Waals surface area contributed by atoms with Crippen molar-refractivity contribution in [2.45, 2.75) is 0 Å². The summed E-state index contributed by atoms with van der Waals surface area (Å²) < 4.78 is 0. The number of pyridine rings is 2. The number of fused-ring (bicyclic) bond motifs is 3. The van der Waals surface area contributed by atoms with Gasteiger partial charge in [-0.1, -0.05) is 30.3 Å². The van der Waals surface area contributed by atoms with Crippen molar-refractivity contribution in [3.63, 3.8) is 0 Å². The predicted octanol–water partition coefficient (Wildman–Crippen LogP) is 4.38. The second-order valence-corrected chi connectivity index (χ2v) is 6.95. The molecule has 6 nitrogen and oxygen atoms in total. The number of nitrogens with zero attached hydrogens (tertiary/aromatic N) is 2. The number of hydrogen-bond acceptors (Lipinski definition) is 5. The van der Waals surface area contributed by atoms with E-state index in [0.29, 0.717) is 27.6 Å². The van der Waals surface area contributed by atoms with Crippen LogP contribution in [0.5, 0.6) is 0 Å². The summed E-state index contributed by atoms with van der Waals surface area (Å²) in [5.74, 6) is 0.376. The molecule has 0 aliphatic rings. The molecule has 1 amide bonds. The number of halogens is 1. The van der Waals surface area contributed by atoms with Crippen LogP contribution in [0.2, 0.25) is 5.02 Å². The Morgan fingerprint density at radius 2 is 1.97 bits per heavy atom. The standard InChI is InChI=1S/C22H18ClN5O/c1-13(11-24)26-22(29)14-5-6-17-19-12-25-8-7-18(19)21(28-20(17)9-14)27-16-4-2-3-15(23)10-16/h2-10,12H,1,11,24H2,(H,26,29)(H,27,28). The van der Waals surface area contributed by atoms with Crippen molar-refractivity contribution in [2.75, 3.05) is 11.9 Å². The monoisotopic (exact) mass is 403 g/mol. The van der Waals surface area contributed by atoms with E-state index >= 15 is 0 Å². The molecule has 2 aromatic heterocycles. The number of rotatable bonds is 5. The Morgan fingerprint density at radius 1 is 1.10 bits per heavy atom. The minimum atomic E-state index is -0.278. The molecule has 2 aromatic carbocycles. The maximum absolute atomic E-state index is 12.4. The fraction of sp³-hybridized carbons (Fsp3) is 0.0455. The number of aromatic nitrogens is 2. The highest BCUT2D eigenvalue weighted by molar-refractivity contribution is 6.30. The van der Waals surface area contributed by atoms with Crippen molar-refractivity contribution in [3.05, 3.63) is 83.8 Å². The van der Waals surface area contributed by atoms with Crippen LogP contribution in [-0.2, 0) is 0 Å². The highest BCUT2D eigenvalue weighted by Gasteiger charge is 2.12. The third kappa shape index (κ3) is 3.89. The van der Waals surface area contributed by atoms with E-state index in [1.165, 1.54) is 0 Å². The zero-order valence-electron chi connectivity index (χ0n) is 15.4. The Labute approximate surface area is 172 Å². The quantitative estimate of drug-likeness (QED) is 0.430. The van der Waals surface area contributed by atoms with Crippen molar-refractivity contribution >= 4 is 50.7 Å². The number of hydrogen-bond donors (Lipinski definition) is 3. The van der Waals surface area contributed by atoms with Gasteiger partial charge in [0.15, 0.2) is 0 Å². The van der Waals surface area contributed by atoms with Crippen molar-refractivity contribution in [2.24, 2.45) is 5.73 Å². The van der Waals surface area contributed by atoms with E-state index < -0.39 is 0 Å². The zero-order chi connectivity index (χ0) is 20.4. The predicted molar refractivity (Wildman–Crippen MR) is 117 cm³/mol. The summed E-state index contributed by atoms with van der Waals surface area (Å²) in [7, 11) is 0. The fourth-order valence-electron chi connectivity index (χ4n) is 3.07. The van der Waals surface area contributed by atoms with Gasteiger partial charge in [0.1, 0.15) is 5.82 Å². The molecule has 4 N–H and O–H groups in total. The molecule has 0 bridgehead atoms. The maximum Gasteiger partial charge on any atom is 0.255 e. The Balaban J connectivity index is 1.83. The van der Waals surface area contributed by atoms with Gasteiger partial charge in [0, 0.05) is 57.1 Å². The lowest BCUT2D eigenvalue weighted by molar-refractivity contribution is 0.0965. The van der Waals surface area contributed by atoms with Gasteiger partial charge in [0.05, 0.1) is 5.52 Å². The molecule has 0 atom stereocenters. The number of carbonyl (C=O) groups is 1. The highest BCUT2D eigenvalue weighted by atomic mass is 35.5. The second kappa shape index (κ2) is 7.87. The van der Waals surface area contributed by atoms with Gasteiger partial charge in [-0.25, -0.2) is 4.98 Å². The topological polar surface area (TPSA) is 92.9 Å². The molecule has 0 aliphatic heterocycles. The third-order valence-electron chi connectivity index (χ3n) is 4.48. The number of carbonyl (C=O) groups excluding carboxylic acids is 1. The van der Waals surface area contributed by atoms with Crippen LogP contribution in [0.25, 0.3) is 21.7 Å². The smallest absolute Gasteiger partial charge is 0.255 e. The lowest BCUT2D eigenvalue weighted by atomic mass is 10.1. The summed E-state index contributed by atoms with van der Waals surface area (Å²) in [5, 5.41) is 9.37. The number of nitrogens with two attached hydrogens (primary N) is 1. The van der Waals surface area contributed by atoms with E-state index in [4.69, 9.17) is 22.3 Å². The molecule has 2 heterocycles. The number of nitrogens with one attached hydrogen (secondary N) is 2. The summed E-state index contributed by atoms with van der Waals surface area (Å²) in [6.07, 6.45) is 3.51. The Morgan fingerprint density at radius 3 is 2.76 bits per heavy atom. The number of amides is 1.